The lowest BCUT2D eigenvalue weighted by molar-refractivity contribution is -0.117. The van der Waals surface area contributed by atoms with Crippen molar-refractivity contribution >= 4 is 40.5 Å². The Morgan fingerprint density at radius 3 is 2.67 bits per heavy atom. The molecular formula is C24H20Cl2N4O3. The maximum absolute atomic E-state index is 12.8. The zero-order chi connectivity index (χ0) is 23.7. The fraction of sp³-hybridized carbons (Fsp3) is 0.167. The fourth-order valence-electron chi connectivity index (χ4n) is 3.83. The van der Waals surface area contributed by atoms with Crippen LogP contribution < -0.4 is 21.1 Å². The number of aliphatic hydroxyl groups is 1. The highest BCUT2D eigenvalue weighted by Gasteiger charge is 2.32. The number of nitrogens with zero attached hydrogens (tertiary/aromatic N) is 2. The molecule has 7 nitrogen and oxygen atoms in total. The number of aliphatic hydroxyl groups excluding tert-OH is 1. The number of carbonyl (C=O) groups is 1. The number of carbonyl (C=O) groups excluding carboxylic acids is 1. The molecule has 0 aromatic heterocycles. The number of hydrogen-bond donors (Lipinski definition) is 3. The molecule has 0 saturated carbocycles. The number of hydrogen-bond acceptors (Lipinski definition) is 6. The monoisotopic (exact) mass is 482 g/mol. The van der Waals surface area contributed by atoms with Crippen molar-refractivity contribution in [3.05, 3.63) is 81.3 Å². The van der Waals surface area contributed by atoms with E-state index in [0.29, 0.717) is 39.3 Å². The molecule has 1 fully saturated rings. The minimum Gasteiger partial charge on any atom is -0.453 e. The van der Waals surface area contributed by atoms with Crippen molar-refractivity contribution in [3.63, 3.8) is 0 Å². The highest BCUT2D eigenvalue weighted by atomic mass is 35.5. The maximum Gasteiger partial charge on any atom is 0.227 e. The Bertz CT molecular complexity index is 1270. The quantitative estimate of drug-likeness (QED) is 0.357. The number of rotatable bonds is 5. The van der Waals surface area contributed by atoms with Gasteiger partial charge in [0.25, 0.3) is 0 Å². The van der Waals surface area contributed by atoms with Gasteiger partial charge >= 0.3 is 0 Å². The number of nitrogens with two attached hydrogens (primary N) is 2. The van der Waals surface area contributed by atoms with E-state index in [4.69, 9.17) is 39.4 Å². The molecule has 3 aromatic carbocycles. The topological polar surface area (TPSA) is 126 Å². The van der Waals surface area contributed by atoms with Crippen molar-refractivity contribution in [2.75, 3.05) is 17.2 Å². The summed E-state index contributed by atoms with van der Waals surface area (Å²) in [4.78, 5) is 14.4. The summed E-state index contributed by atoms with van der Waals surface area (Å²) in [6, 6.07) is 17.2. The summed E-state index contributed by atoms with van der Waals surface area (Å²) in [5.74, 6) is 0.366. The minimum absolute atomic E-state index is 0.0717. The van der Waals surface area contributed by atoms with Gasteiger partial charge in [0, 0.05) is 35.8 Å². The third kappa shape index (κ3) is 4.61. The van der Waals surface area contributed by atoms with Crippen LogP contribution in [0.2, 0.25) is 10.0 Å². The Kier molecular flexibility index (Phi) is 6.45. The second-order valence-electron chi connectivity index (χ2n) is 7.68. The van der Waals surface area contributed by atoms with E-state index in [1.165, 1.54) is 0 Å². The SMILES string of the molecule is N#Cc1cccc(Cl)c1Oc1cc([C@H]2CC(=O)N(c3ccc(N)c(C(N)O)c3)C2)ccc1Cl. The van der Waals surface area contributed by atoms with E-state index in [0.717, 1.165) is 5.56 Å². The lowest BCUT2D eigenvalue weighted by Crippen LogP contribution is -2.25. The van der Waals surface area contributed by atoms with Gasteiger partial charge in [-0.05, 0) is 48.0 Å². The van der Waals surface area contributed by atoms with Gasteiger partial charge in [0.2, 0.25) is 5.91 Å². The molecule has 1 saturated heterocycles. The Labute approximate surface area is 200 Å². The molecule has 0 aliphatic carbocycles. The predicted molar refractivity (Wildman–Crippen MR) is 127 cm³/mol. The molecule has 0 radical (unpaired) electrons. The van der Waals surface area contributed by atoms with Gasteiger partial charge in [-0.3, -0.25) is 4.79 Å². The Balaban J connectivity index is 1.61. The molecule has 5 N–H and O–H groups in total. The zero-order valence-corrected chi connectivity index (χ0v) is 18.8. The van der Waals surface area contributed by atoms with Crippen LogP contribution in [-0.2, 0) is 4.79 Å². The van der Waals surface area contributed by atoms with E-state index < -0.39 is 6.23 Å². The summed E-state index contributed by atoms with van der Waals surface area (Å²) in [7, 11) is 0. The maximum atomic E-state index is 12.8. The van der Waals surface area contributed by atoms with Crippen LogP contribution in [0, 0.1) is 11.3 Å². The minimum atomic E-state index is -1.24. The Morgan fingerprint density at radius 1 is 1.15 bits per heavy atom. The van der Waals surface area contributed by atoms with Crippen molar-refractivity contribution in [3.8, 4) is 17.6 Å². The van der Waals surface area contributed by atoms with E-state index in [9.17, 15) is 15.2 Å². The molecule has 1 aliphatic heterocycles. The van der Waals surface area contributed by atoms with Gasteiger partial charge in [-0.25, -0.2) is 0 Å². The second kappa shape index (κ2) is 9.30. The Morgan fingerprint density at radius 2 is 1.94 bits per heavy atom. The van der Waals surface area contributed by atoms with E-state index in [1.807, 2.05) is 6.07 Å². The molecule has 9 heteroatoms. The van der Waals surface area contributed by atoms with Gasteiger partial charge in [0.1, 0.15) is 18.0 Å². The van der Waals surface area contributed by atoms with Crippen molar-refractivity contribution in [2.24, 2.45) is 5.73 Å². The van der Waals surface area contributed by atoms with Gasteiger partial charge in [-0.2, -0.15) is 5.26 Å². The number of para-hydroxylation sites is 1. The summed E-state index contributed by atoms with van der Waals surface area (Å²) in [5.41, 5.74) is 13.9. The number of ether oxygens (including phenoxy) is 1. The predicted octanol–water partition coefficient (Wildman–Crippen LogP) is 4.71. The summed E-state index contributed by atoms with van der Waals surface area (Å²) in [6.07, 6.45) is -0.959. The summed E-state index contributed by atoms with van der Waals surface area (Å²) >= 11 is 12.6. The van der Waals surface area contributed by atoms with Gasteiger partial charge < -0.3 is 26.2 Å². The Hall–Kier alpha value is -3.28. The summed E-state index contributed by atoms with van der Waals surface area (Å²) < 4.78 is 5.92. The number of benzene rings is 3. The van der Waals surface area contributed by atoms with E-state index in [2.05, 4.69) is 6.07 Å². The third-order valence-corrected chi connectivity index (χ3v) is 6.16. The van der Waals surface area contributed by atoms with Crippen LogP contribution in [0.1, 0.15) is 35.3 Å². The standard InChI is InChI=1S/C24H20Cl2N4O3/c25-18-6-4-13(8-21(18)33-23-14(11-27)2-1-3-19(23)26)15-9-22(31)30(12-15)16-5-7-20(28)17(10-16)24(29)32/h1-8,10,15,24,32H,9,12,28-29H2/t15-,24?/m0/s1. The fourth-order valence-corrected chi connectivity index (χ4v) is 4.20. The molecule has 1 heterocycles. The van der Waals surface area contributed by atoms with Gasteiger partial charge in [0.15, 0.2) is 5.75 Å². The number of amides is 1. The zero-order valence-electron chi connectivity index (χ0n) is 17.3. The molecule has 1 unspecified atom stereocenters. The summed E-state index contributed by atoms with van der Waals surface area (Å²) in [5, 5.41) is 19.7. The van der Waals surface area contributed by atoms with E-state index in [-0.39, 0.29) is 29.6 Å². The van der Waals surface area contributed by atoms with Crippen LogP contribution in [0.15, 0.2) is 54.6 Å². The van der Waals surface area contributed by atoms with Crippen molar-refractivity contribution in [1.29, 1.82) is 5.26 Å². The smallest absolute Gasteiger partial charge is 0.227 e. The molecule has 33 heavy (non-hydrogen) atoms. The molecule has 1 amide bonds. The molecule has 2 atom stereocenters. The first kappa shape index (κ1) is 22.9. The number of halogens is 2. The molecule has 0 bridgehead atoms. The van der Waals surface area contributed by atoms with E-state index >= 15 is 0 Å². The first-order chi connectivity index (χ1) is 15.8. The number of anilines is 2. The average Bonchev–Trinajstić information content (AvgIpc) is 3.18. The van der Waals surface area contributed by atoms with Crippen LogP contribution >= 0.6 is 23.2 Å². The number of nitriles is 1. The first-order valence-corrected chi connectivity index (χ1v) is 10.8. The van der Waals surface area contributed by atoms with Gasteiger partial charge in [-0.1, -0.05) is 35.3 Å². The molecular weight excluding hydrogens is 463 g/mol. The summed E-state index contributed by atoms with van der Waals surface area (Å²) in [6.45, 7) is 0.416. The largest absolute Gasteiger partial charge is 0.453 e. The van der Waals surface area contributed by atoms with Crippen LogP contribution in [0.4, 0.5) is 11.4 Å². The lowest BCUT2D eigenvalue weighted by Gasteiger charge is -2.20. The van der Waals surface area contributed by atoms with Crippen molar-refractivity contribution < 1.29 is 14.6 Å². The van der Waals surface area contributed by atoms with Crippen LogP contribution in [-0.4, -0.2) is 17.6 Å². The molecule has 4 rings (SSSR count). The van der Waals surface area contributed by atoms with Crippen LogP contribution in [0.5, 0.6) is 11.5 Å². The van der Waals surface area contributed by atoms with Crippen molar-refractivity contribution in [2.45, 2.75) is 18.6 Å². The van der Waals surface area contributed by atoms with Crippen LogP contribution in [0.25, 0.3) is 0 Å². The highest BCUT2D eigenvalue weighted by Crippen LogP contribution is 2.40. The second-order valence-corrected chi connectivity index (χ2v) is 8.50. The third-order valence-electron chi connectivity index (χ3n) is 5.55. The molecule has 168 valence electrons. The highest BCUT2D eigenvalue weighted by molar-refractivity contribution is 6.33. The first-order valence-electron chi connectivity index (χ1n) is 10.1. The average molecular weight is 483 g/mol. The van der Waals surface area contributed by atoms with Gasteiger partial charge in [0.05, 0.1) is 15.6 Å². The molecule has 1 aliphatic rings. The lowest BCUT2D eigenvalue weighted by atomic mass is 9.98. The van der Waals surface area contributed by atoms with E-state index in [1.54, 1.807) is 53.4 Å². The normalized spacial score (nSPS) is 16.5. The van der Waals surface area contributed by atoms with Crippen molar-refractivity contribution in [1.82, 2.24) is 0 Å². The molecule has 3 aromatic rings. The van der Waals surface area contributed by atoms with Crippen LogP contribution in [0.3, 0.4) is 0 Å². The molecule has 0 spiro atoms. The van der Waals surface area contributed by atoms with Gasteiger partial charge in [-0.15, -0.1) is 0 Å². The number of nitrogen functional groups attached to an aromatic ring is 1.